The minimum absolute atomic E-state index is 0.0880. The molecule has 1 unspecified atom stereocenters. The molecule has 1 aliphatic rings. The van der Waals surface area contributed by atoms with Gasteiger partial charge >= 0.3 is 29.8 Å². The average Bonchev–Trinajstić information content (AvgIpc) is 3.13. The summed E-state index contributed by atoms with van der Waals surface area (Å²) in [4.78, 5) is 96.0. The smallest absolute Gasteiger partial charge is 0.326 e. The van der Waals surface area contributed by atoms with E-state index in [0.717, 1.165) is 15.4 Å². The first-order chi connectivity index (χ1) is 29.0. The second-order valence-corrected chi connectivity index (χ2v) is 19.8. The number of benzene rings is 2. The Hall–Kier alpha value is -5.51. The predicted octanol–water partition coefficient (Wildman–Crippen LogP) is 6.22. The number of nitrogens with zero attached hydrogens (tertiary/aromatic N) is 2. The third kappa shape index (κ3) is 19.2. The lowest BCUT2D eigenvalue weighted by Crippen LogP contribution is -2.44. The molecular formula is C47H67N3O13. The van der Waals surface area contributed by atoms with Gasteiger partial charge in [-0.1, -0.05) is 30.3 Å². The molecule has 63 heavy (non-hydrogen) atoms. The van der Waals surface area contributed by atoms with Gasteiger partial charge in [-0.25, -0.2) is 0 Å². The molecule has 0 spiro atoms. The van der Waals surface area contributed by atoms with E-state index >= 15 is 0 Å². The number of anilines is 1. The normalized spacial score (nSPS) is 16.1. The standard InChI is InChI=1S/C47H67N3O13/c1-44(2,3)60-36(51)25-49(26-37(52)61-45(4,5)6)41(56)33-22-34(42(57)50(27-38(53)62-46(7,8)9)28-39(54)63-47(10,11)12)24-35(23-33)48-40(55)31-18-20-32(21-19-31)43(58)59-29-30-16-14-13-15-17-30/h13-17,22-24,31-32,40,48,55H,18-21,25-29H2,1-12H3. The summed E-state index contributed by atoms with van der Waals surface area (Å²) >= 11 is 0. The van der Waals surface area contributed by atoms with E-state index in [4.69, 9.17) is 23.7 Å². The molecule has 0 aromatic heterocycles. The van der Waals surface area contributed by atoms with Crippen molar-refractivity contribution >= 4 is 47.3 Å². The Morgan fingerprint density at radius 3 is 1.30 bits per heavy atom. The summed E-state index contributed by atoms with van der Waals surface area (Å²) in [6.45, 7) is 17.2. The molecule has 0 aliphatic heterocycles. The fourth-order valence-electron chi connectivity index (χ4n) is 6.65. The molecule has 0 bridgehead atoms. The van der Waals surface area contributed by atoms with E-state index in [0.29, 0.717) is 25.7 Å². The van der Waals surface area contributed by atoms with Gasteiger partial charge in [-0.3, -0.25) is 33.6 Å². The first kappa shape index (κ1) is 51.8. The zero-order chi connectivity index (χ0) is 47.5. The molecule has 0 saturated heterocycles. The van der Waals surface area contributed by atoms with Gasteiger partial charge in [0.15, 0.2) is 0 Å². The quantitative estimate of drug-likeness (QED) is 0.109. The number of aliphatic hydroxyl groups is 1. The van der Waals surface area contributed by atoms with Gasteiger partial charge in [0, 0.05) is 22.7 Å². The Kier molecular flexibility index (Phi) is 17.9. The maximum absolute atomic E-state index is 14.4. The Labute approximate surface area is 371 Å². The molecule has 2 aromatic rings. The first-order valence-corrected chi connectivity index (χ1v) is 21.2. The van der Waals surface area contributed by atoms with Crippen LogP contribution in [0.25, 0.3) is 0 Å². The van der Waals surface area contributed by atoms with Crippen molar-refractivity contribution in [1.29, 1.82) is 0 Å². The minimum atomic E-state index is -1.22. The number of hydrogen-bond acceptors (Lipinski definition) is 14. The number of rotatable bonds is 16. The first-order valence-electron chi connectivity index (χ1n) is 21.2. The molecule has 1 atom stereocenters. The monoisotopic (exact) mass is 881 g/mol. The molecule has 3 rings (SSSR count). The topological polar surface area (TPSA) is 204 Å². The molecule has 0 radical (unpaired) electrons. The highest BCUT2D eigenvalue weighted by Gasteiger charge is 2.34. The highest BCUT2D eigenvalue weighted by molar-refractivity contribution is 6.04. The summed E-state index contributed by atoms with van der Waals surface area (Å²) in [5, 5.41) is 14.5. The van der Waals surface area contributed by atoms with Crippen molar-refractivity contribution in [2.75, 3.05) is 31.5 Å². The Bertz CT molecular complexity index is 1780. The zero-order valence-corrected chi connectivity index (χ0v) is 39.0. The summed E-state index contributed by atoms with van der Waals surface area (Å²) in [5.41, 5.74) is -3.13. The van der Waals surface area contributed by atoms with Crippen molar-refractivity contribution in [2.45, 2.75) is 144 Å². The Morgan fingerprint density at radius 1 is 0.587 bits per heavy atom. The molecule has 1 saturated carbocycles. The second kappa shape index (κ2) is 21.7. The maximum atomic E-state index is 14.4. The van der Waals surface area contributed by atoms with Crippen LogP contribution in [0, 0.1) is 11.8 Å². The molecular weight excluding hydrogens is 815 g/mol. The largest absolute Gasteiger partial charge is 0.461 e. The fourth-order valence-corrected chi connectivity index (χ4v) is 6.65. The Balaban J connectivity index is 2.02. The van der Waals surface area contributed by atoms with Crippen LogP contribution in [0.5, 0.6) is 0 Å². The van der Waals surface area contributed by atoms with Crippen LogP contribution in [0.15, 0.2) is 48.5 Å². The van der Waals surface area contributed by atoms with Crippen LogP contribution >= 0.6 is 0 Å². The van der Waals surface area contributed by atoms with E-state index in [1.54, 1.807) is 83.1 Å². The number of carbonyl (C=O) groups excluding carboxylic acids is 7. The third-order valence-electron chi connectivity index (χ3n) is 9.05. The summed E-state index contributed by atoms with van der Waals surface area (Å²) in [7, 11) is 0. The summed E-state index contributed by atoms with van der Waals surface area (Å²) < 4.78 is 27.4. The van der Waals surface area contributed by atoms with Crippen molar-refractivity contribution < 1.29 is 62.4 Å². The summed E-state index contributed by atoms with van der Waals surface area (Å²) in [5.74, 6) is -6.06. The van der Waals surface area contributed by atoms with Gasteiger partial charge in [0.2, 0.25) is 0 Å². The Morgan fingerprint density at radius 2 is 0.952 bits per heavy atom. The number of esters is 5. The highest BCUT2D eigenvalue weighted by Crippen LogP contribution is 2.33. The van der Waals surface area contributed by atoms with E-state index in [9.17, 15) is 38.7 Å². The van der Waals surface area contributed by atoms with Crippen molar-refractivity contribution in [2.24, 2.45) is 11.8 Å². The number of carbonyl (C=O) groups is 7. The summed E-state index contributed by atoms with van der Waals surface area (Å²) in [6.07, 6.45) is 0.576. The molecule has 16 heteroatoms. The average molecular weight is 882 g/mol. The van der Waals surface area contributed by atoms with Gasteiger partial charge in [0.25, 0.3) is 11.8 Å². The molecule has 16 nitrogen and oxygen atoms in total. The lowest BCUT2D eigenvalue weighted by atomic mass is 9.81. The minimum Gasteiger partial charge on any atom is -0.461 e. The third-order valence-corrected chi connectivity index (χ3v) is 9.05. The molecule has 1 aliphatic carbocycles. The fraction of sp³-hybridized carbons (Fsp3) is 0.596. The van der Waals surface area contributed by atoms with Crippen LogP contribution in [0.1, 0.15) is 135 Å². The van der Waals surface area contributed by atoms with Gasteiger partial charge in [-0.15, -0.1) is 0 Å². The molecule has 2 N–H and O–H groups in total. The van der Waals surface area contributed by atoms with E-state index in [1.165, 1.54) is 18.2 Å². The van der Waals surface area contributed by atoms with Crippen molar-refractivity contribution in [3.63, 3.8) is 0 Å². The van der Waals surface area contributed by atoms with Gasteiger partial charge < -0.3 is 43.9 Å². The molecule has 1 fully saturated rings. The number of amides is 2. The zero-order valence-electron chi connectivity index (χ0n) is 39.0. The van der Waals surface area contributed by atoms with Crippen LogP contribution in [0.3, 0.4) is 0 Å². The number of nitrogens with one attached hydrogen (secondary N) is 1. The SMILES string of the molecule is CC(C)(C)OC(=O)CN(CC(=O)OC(C)(C)C)C(=O)c1cc(NC(O)C2CCC(C(=O)OCc3ccccc3)CC2)cc(C(=O)N(CC(=O)OC(C)(C)C)CC(=O)OC(C)(C)C)c1. The predicted molar refractivity (Wildman–Crippen MR) is 233 cm³/mol. The van der Waals surface area contributed by atoms with Crippen LogP contribution in [-0.4, -0.2) is 111 Å². The van der Waals surface area contributed by atoms with Gasteiger partial charge in [0.05, 0.1) is 5.92 Å². The number of aliphatic hydroxyl groups excluding tert-OH is 1. The van der Waals surface area contributed by atoms with E-state index in [-0.39, 0.29) is 41.2 Å². The summed E-state index contributed by atoms with van der Waals surface area (Å²) in [6, 6.07) is 13.2. The molecule has 0 heterocycles. The number of hydrogen-bond donors (Lipinski definition) is 2. The van der Waals surface area contributed by atoms with Gasteiger partial charge in [-0.05, 0) is 133 Å². The maximum Gasteiger partial charge on any atom is 0.326 e. The van der Waals surface area contributed by atoms with E-state index < -0.39 is 90.5 Å². The van der Waals surface area contributed by atoms with Gasteiger partial charge in [0.1, 0.15) is 61.4 Å². The van der Waals surface area contributed by atoms with E-state index in [2.05, 4.69) is 5.32 Å². The van der Waals surface area contributed by atoms with Crippen molar-refractivity contribution in [1.82, 2.24) is 9.80 Å². The number of ether oxygens (including phenoxy) is 5. The lowest BCUT2D eigenvalue weighted by molar-refractivity contribution is -0.160. The molecule has 2 amide bonds. The van der Waals surface area contributed by atoms with E-state index in [1.807, 2.05) is 30.3 Å². The second-order valence-electron chi connectivity index (χ2n) is 19.8. The van der Waals surface area contributed by atoms with Crippen molar-refractivity contribution in [3.8, 4) is 0 Å². The molecule has 2 aromatic carbocycles. The van der Waals surface area contributed by atoms with Crippen LogP contribution < -0.4 is 5.32 Å². The van der Waals surface area contributed by atoms with Crippen molar-refractivity contribution in [3.05, 3.63) is 65.2 Å². The highest BCUT2D eigenvalue weighted by atomic mass is 16.6. The lowest BCUT2D eigenvalue weighted by Gasteiger charge is -2.31. The molecule has 348 valence electrons. The van der Waals surface area contributed by atoms with Gasteiger partial charge in [-0.2, -0.15) is 0 Å². The van der Waals surface area contributed by atoms with Crippen LogP contribution in [0.4, 0.5) is 5.69 Å². The van der Waals surface area contributed by atoms with Crippen LogP contribution in [-0.2, 0) is 54.3 Å². The van der Waals surface area contributed by atoms with Crippen LogP contribution in [0.2, 0.25) is 0 Å².